The summed E-state index contributed by atoms with van der Waals surface area (Å²) < 4.78 is 28.8. The van der Waals surface area contributed by atoms with E-state index < -0.39 is 33.7 Å². The molecule has 1 heterocycles. The van der Waals surface area contributed by atoms with Crippen molar-refractivity contribution >= 4 is 21.6 Å². The number of amides is 1. The van der Waals surface area contributed by atoms with Gasteiger partial charge in [0, 0.05) is 32.0 Å². The highest BCUT2D eigenvalue weighted by molar-refractivity contribution is 7.89. The molecule has 176 valence electrons. The molecule has 34 heavy (non-hydrogen) atoms. The Labute approximate surface area is 196 Å². The number of nitrogens with one attached hydrogen (secondary N) is 1. The lowest BCUT2D eigenvalue weighted by atomic mass is 10.2. The molecule has 0 aliphatic carbocycles. The first-order valence-electron chi connectivity index (χ1n) is 10.3. The molecule has 3 rings (SSSR count). The SMILES string of the molecule is CCn1cc(C#N)c(=O)n(CC(=O)Nc2ccc(S(=O)(=O)N(C)Cc3ccccc3)cc2)c1=O. The van der Waals surface area contributed by atoms with Gasteiger partial charge in [-0.05, 0) is 36.8 Å². The first kappa shape index (κ1) is 24.6. The third-order valence-corrected chi connectivity index (χ3v) is 6.91. The van der Waals surface area contributed by atoms with Crippen LogP contribution in [0.4, 0.5) is 5.69 Å². The van der Waals surface area contributed by atoms with Gasteiger partial charge in [0.25, 0.3) is 5.56 Å². The molecule has 0 fully saturated rings. The molecule has 1 aromatic heterocycles. The van der Waals surface area contributed by atoms with E-state index in [-0.39, 0.29) is 29.2 Å². The average molecular weight is 482 g/mol. The largest absolute Gasteiger partial charge is 0.331 e. The van der Waals surface area contributed by atoms with Crippen LogP contribution in [0, 0.1) is 11.3 Å². The van der Waals surface area contributed by atoms with Gasteiger partial charge in [-0.15, -0.1) is 0 Å². The maximum absolute atomic E-state index is 12.8. The zero-order valence-electron chi connectivity index (χ0n) is 18.6. The third kappa shape index (κ3) is 5.31. The van der Waals surface area contributed by atoms with E-state index in [9.17, 15) is 22.8 Å². The molecule has 2 aromatic carbocycles. The summed E-state index contributed by atoms with van der Waals surface area (Å²) in [6, 6.07) is 16.4. The van der Waals surface area contributed by atoms with E-state index in [0.29, 0.717) is 4.57 Å². The van der Waals surface area contributed by atoms with Gasteiger partial charge >= 0.3 is 5.69 Å². The molecule has 10 nitrogen and oxygen atoms in total. The number of nitrogens with zero attached hydrogens (tertiary/aromatic N) is 4. The zero-order chi connectivity index (χ0) is 24.9. The van der Waals surface area contributed by atoms with Crippen LogP contribution in [0.5, 0.6) is 0 Å². The Morgan fingerprint density at radius 3 is 2.32 bits per heavy atom. The predicted molar refractivity (Wildman–Crippen MR) is 126 cm³/mol. The fraction of sp³-hybridized carbons (Fsp3) is 0.217. The topological polar surface area (TPSA) is 134 Å². The van der Waals surface area contributed by atoms with Crippen LogP contribution in [0.15, 0.2) is 75.3 Å². The molecule has 1 N–H and O–H groups in total. The van der Waals surface area contributed by atoms with Gasteiger partial charge in [-0.25, -0.2) is 17.8 Å². The Morgan fingerprint density at radius 1 is 1.09 bits per heavy atom. The maximum Gasteiger partial charge on any atom is 0.331 e. The van der Waals surface area contributed by atoms with E-state index in [4.69, 9.17) is 5.26 Å². The maximum atomic E-state index is 12.8. The van der Waals surface area contributed by atoms with E-state index in [1.54, 1.807) is 13.0 Å². The normalized spacial score (nSPS) is 11.2. The summed E-state index contributed by atoms with van der Waals surface area (Å²) in [5.41, 5.74) is -0.673. The number of hydrogen-bond acceptors (Lipinski definition) is 6. The number of aryl methyl sites for hydroxylation is 1. The Bertz CT molecular complexity index is 1450. The summed E-state index contributed by atoms with van der Waals surface area (Å²) in [6.07, 6.45) is 1.16. The van der Waals surface area contributed by atoms with Gasteiger partial charge in [-0.3, -0.25) is 14.2 Å². The second-order valence-electron chi connectivity index (χ2n) is 7.43. The number of hydrogen-bond donors (Lipinski definition) is 1. The van der Waals surface area contributed by atoms with Crippen LogP contribution >= 0.6 is 0 Å². The molecule has 3 aromatic rings. The molecule has 0 spiro atoms. The van der Waals surface area contributed by atoms with E-state index in [1.165, 1.54) is 40.2 Å². The lowest BCUT2D eigenvalue weighted by Gasteiger charge is -2.17. The van der Waals surface area contributed by atoms with Crippen LogP contribution < -0.4 is 16.6 Å². The molecule has 0 aliphatic rings. The van der Waals surface area contributed by atoms with Crippen molar-refractivity contribution in [3.8, 4) is 6.07 Å². The molecular weight excluding hydrogens is 458 g/mol. The smallest absolute Gasteiger partial charge is 0.325 e. The number of aromatic nitrogens is 2. The van der Waals surface area contributed by atoms with Crippen LogP contribution in [0.25, 0.3) is 0 Å². The van der Waals surface area contributed by atoms with Crippen LogP contribution in [-0.2, 0) is 34.5 Å². The first-order chi connectivity index (χ1) is 16.2. The van der Waals surface area contributed by atoms with Crippen molar-refractivity contribution in [2.24, 2.45) is 0 Å². The Balaban J connectivity index is 1.74. The van der Waals surface area contributed by atoms with Gasteiger partial charge in [-0.2, -0.15) is 9.57 Å². The van der Waals surface area contributed by atoms with Gasteiger partial charge in [0.15, 0.2) is 0 Å². The van der Waals surface area contributed by atoms with Crippen molar-refractivity contribution in [2.45, 2.75) is 31.5 Å². The minimum absolute atomic E-state index is 0.0488. The van der Waals surface area contributed by atoms with E-state index in [0.717, 1.165) is 11.8 Å². The number of rotatable bonds is 8. The van der Waals surface area contributed by atoms with Crippen molar-refractivity contribution in [1.82, 2.24) is 13.4 Å². The summed E-state index contributed by atoms with van der Waals surface area (Å²) >= 11 is 0. The van der Waals surface area contributed by atoms with E-state index >= 15 is 0 Å². The van der Waals surface area contributed by atoms with Crippen LogP contribution in [-0.4, -0.2) is 34.8 Å². The molecule has 0 saturated carbocycles. The number of benzene rings is 2. The van der Waals surface area contributed by atoms with Crippen molar-refractivity contribution in [3.63, 3.8) is 0 Å². The quantitative estimate of drug-likeness (QED) is 0.516. The molecule has 1 amide bonds. The standard InChI is InChI=1S/C23H23N5O5S/c1-3-27-15-18(13-24)22(30)28(23(27)31)16-21(29)25-19-9-11-20(12-10-19)34(32,33)26(2)14-17-7-5-4-6-8-17/h4-12,15H,3,14,16H2,1-2H3,(H,25,29). The van der Waals surface area contributed by atoms with Crippen LogP contribution in [0.1, 0.15) is 18.1 Å². The van der Waals surface area contributed by atoms with Gasteiger partial charge in [0.1, 0.15) is 18.2 Å². The molecule has 0 bridgehead atoms. The first-order valence-corrected chi connectivity index (χ1v) is 11.8. The summed E-state index contributed by atoms with van der Waals surface area (Å²) in [6.45, 7) is 1.51. The second-order valence-corrected chi connectivity index (χ2v) is 9.48. The lowest BCUT2D eigenvalue weighted by molar-refractivity contribution is -0.116. The monoisotopic (exact) mass is 481 g/mol. The van der Waals surface area contributed by atoms with Gasteiger partial charge in [0.05, 0.1) is 4.90 Å². The molecule has 0 saturated heterocycles. The number of carbonyl (C=O) groups is 1. The molecule has 0 unspecified atom stereocenters. The minimum Gasteiger partial charge on any atom is -0.325 e. The average Bonchev–Trinajstić information content (AvgIpc) is 2.83. The Morgan fingerprint density at radius 2 is 1.74 bits per heavy atom. The highest BCUT2D eigenvalue weighted by Crippen LogP contribution is 2.19. The third-order valence-electron chi connectivity index (χ3n) is 5.09. The molecule has 0 aliphatic heterocycles. The van der Waals surface area contributed by atoms with Crippen LogP contribution in [0.3, 0.4) is 0 Å². The molecular formula is C23H23N5O5S. The minimum atomic E-state index is -3.76. The predicted octanol–water partition coefficient (Wildman–Crippen LogP) is 1.36. The van der Waals surface area contributed by atoms with Gasteiger partial charge in [0.2, 0.25) is 15.9 Å². The van der Waals surface area contributed by atoms with Gasteiger partial charge in [-0.1, -0.05) is 30.3 Å². The Hall–Kier alpha value is -4.01. The van der Waals surface area contributed by atoms with Crippen molar-refractivity contribution in [3.05, 3.63) is 92.8 Å². The number of anilines is 1. The molecule has 11 heteroatoms. The molecule has 0 radical (unpaired) electrons. The van der Waals surface area contributed by atoms with Gasteiger partial charge < -0.3 is 5.32 Å². The van der Waals surface area contributed by atoms with Crippen molar-refractivity contribution in [2.75, 3.05) is 12.4 Å². The Kier molecular flexibility index (Phi) is 7.45. The summed E-state index contributed by atoms with van der Waals surface area (Å²) in [5, 5.41) is 11.6. The summed E-state index contributed by atoms with van der Waals surface area (Å²) in [7, 11) is -2.28. The second kappa shape index (κ2) is 10.3. The lowest BCUT2D eigenvalue weighted by Crippen LogP contribution is -2.43. The number of nitriles is 1. The number of carbonyl (C=O) groups excluding carboxylic acids is 1. The summed E-state index contributed by atoms with van der Waals surface area (Å²) in [5.74, 6) is -0.672. The fourth-order valence-corrected chi connectivity index (χ4v) is 4.42. The molecule has 0 atom stereocenters. The van der Waals surface area contributed by atoms with E-state index in [1.807, 2.05) is 30.3 Å². The van der Waals surface area contributed by atoms with Crippen molar-refractivity contribution < 1.29 is 13.2 Å². The van der Waals surface area contributed by atoms with E-state index in [2.05, 4.69) is 5.32 Å². The number of sulfonamides is 1. The zero-order valence-corrected chi connectivity index (χ0v) is 19.4. The fourth-order valence-electron chi connectivity index (χ4n) is 3.26. The van der Waals surface area contributed by atoms with Crippen LogP contribution in [0.2, 0.25) is 0 Å². The van der Waals surface area contributed by atoms with Crippen molar-refractivity contribution in [1.29, 1.82) is 5.26 Å². The highest BCUT2D eigenvalue weighted by Gasteiger charge is 2.21. The highest BCUT2D eigenvalue weighted by atomic mass is 32.2. The summed E-state index contributed by atoms with van der Waals surface area (Å²) in [4.78, 5) is 37.2.